The Hall–Kier alpha value is -2.57. The Bertz CT molecular complexity index is 1110. The summed E-state index contributed by atoms with van der Waals surface area (Å²) in [6.07, 6.45) is 1.88. The van der Waals surface area contributed by atoms with Crippen molar-refractivity contribution in [2.24, 2.45) is 0 Å². The van der Waals surface area contributed by atoms with Crippen molar-refractivity contribution < 1.29 is 4.74 Å². The zero-order chi connectivity index (χ0) is 17.0. The van der Waals surface area contributed by atoms with E-state index in [9.17, 15) is 0 Å². The maximum Gasteiger partial charge on any atom is 0.164 e. The van der Waals surface area contributed by atoms with E-state index in [0.29, 0.717) is 13.2 Å². The second-order valence-corrected chi connectivity index (χ2v) is 7.39. The average Bonchev–Trinajstić information content (AvgIpc) is 3.08. The van der Waals surface area contributed by atoms with Crippen LogP contribution in [0.25, 0.3) is 27.0 Å². The first-order chi connectivity index (χ1) is 12.2. The Morgan fingerprint density at radius 1 is 1.08 bits per heavy atom. The van der Waals surface area contributed by atoms with Gasteiger partial charge >= 0.3 is 0 Å². The molecule has 0 radical (unpaired) electrons. The van der Waals surface area contributed by atoms with Crippen molar-refractivity contribution in [2.45, 2.75) is 27.1 Å². The second-order valence-electron chi connectivity index (χ2n) is 6.18. The number of thiophene rings is 1. The first-order valence-corrected chi connectivity index (χ1v) is 9.01. The molecule has 1 aliphatic heterocycles. The van der Waals surface area contributed by atoms with Gasteiger partial charge in [0, 0.05) is 27.6 Å². The summed E-state index contributed by atoms with van der Waals surface area (Å²) < 4.78 is 8.05. The van der Waals surface area contributed by atoms with Gasteiger partial charge in [-0.15, -0.1) is 21.5 Å². The van der Waals surface area contributed by atoms with E-state index in [-0.39, 0.29) is 0 Å². The minimum atomic E-state index is 0.484. The van der Waals surface area contributed by atoms with Crippen molar-refractivity contribution >= 4 is 22.2 Å². The smallest absolute Gasteiger partial charge is 0.164 e. The highest BCUT2D eigenvalue weighted by atomic mass is 32.1. The van der Waals surface area contributed by atoms with Gasteiger partial charge in [0.2, 0.25) is 0 Å². The van der Waals surface area contributed by atoms with Crippen LogP contribution >= 0.6 is 11.3 Å². The number of benzene rings is 1. The molecule has 0 spiro atoms. The van der Waals surface area contributed by atoms with Crippen molar-refractivity contribution in [2.75, 3.05) is 0 Å². The number of nitrogens with zero attached hydrogens (tertiary/aromatic N) is 4. The first-order valence-electron chi connectivity index (χ1n) is 8.19. The van der Waals surface area contributed by atoms with Crippen molar-refractivity contribution in [3.63, 3.8) is 0 Å². The molecule has 5 rings (SSSR count). The lowest BCUT2D eigenvalue weighted by Crippen LogP contribution is -2.00. The zero-order valence-corrected chi connectivity index (χ0v) is 14.8. The second kappa shape index (κ2) is 5.47. The lowest BCUT2D eigenvalue weighted by molar-refractivity contribution is 0.105. The summed E-state index contributed by atoms with van der Waals surface area (Å²) in [5, 5.41) is 10.8. The number of para-hydroxylation sites is 1. The molecule has 5 nitrogen and oxygen atoms in total. The van der Waals surface area contributed by atoms with E-state index < -0.39 is 0 Å². The van der Waals surface area contributed by atoms with Crippen molar-refractivity contribution in [3.05, 3.63) is 58.6 Å². The molecule has 0 amide bonds. The monoisotopic (exact) mass is 348 g/mol. The third-order valence-corrected chi connectivity index (χ3v) is 5.79. The van der Waals surface area contributed by atoms with Crippen LogP contribution in [0.4, 0.5) is 0 Å². The fourth-order valence-corrected chi connectivity index (χ4v) is 4.80. The van der Waals surface area contributed by atoms with Crippen LogP contribution in [-0.2, 0) is 18.0 Å². The number of aromatic nitrogens is 4. The third-order valence-electron chi connectivity index (χ3n) is 4.65. The fraction of sp³-hybridized carbons (Fsp3) is 0.211. The Balaban J connectivity index is 1.83. The predicted octanol–water partition coefficient (Wildman–Crippen LogP) is 4.19. The first kappa shape index (κ1) is 14.7. The number of ether oxygens (including phenoxy) is 1. The van der Waals surface area contributed by atoms with E-state index in [2.05, 4.69) is 50.9 Å². The maximum atomic E-state index is 5.92. The molecule has 25 heavy (non-hydrogen) atoms. The van der Waals surface area contributed by atoms with Gasteiger partial charge in [-0.05, 0) is 31.5 Å². The van der Waals surface area contributed by atoms with Crippen LogP contribution in [-0.4, -0.2) is 19.7 Å². The molecule has 0 aliphatic carbocycles. The molecule has 1 aliphatic rings. The summed E-state index contributed by atoms with van der Waals surface area (Å²) in [6.45, 7) is 5.22. The van der Waals surface area contributed by atoms with Gasteiger partial charge in [0.05, 0.1) is 12.1 Å². The van der Waals surface area contributed by atoms with E-state index in [4.69, 9.17) is 4.74 Å². The van der Waals surface area contributed by atoms with Crippen molar-refractivity contribution in [1.29, 1.82) is 0 Å². The summed E-state index contributed by atoms with van der Waals surface area (Å²) in [6, 6.07) is 10.4. The lowest BCUT2D eigenvalue weighted by atomic mass is 9.98. The van der Waals surface area contributed by atoms with Crippen molar-refractivity contribution in [1.82, 2.24) is 19.7 Å². The molecule has 0 saturated carbocycles. The van der Waals surface area contributed by atoms with Gasteiger partial charge in [0.1, 0.15) is 17.4 Å². The fourth-order valence-electron chi connectivity index (χ4n) is 3.57. The van der Waals surface area contributed by atoms with E-state index in [0.717, 1.165) is 17.2 Å². The topological polar surface area (TPSA) is 52.8 Å². The molecule has 4 heterocycles. The summed E-state index contributed by atoms with van der Waals surface area (Å²) in [5.41, 5.74) is 4.67. The number of hydrogen-bond donors (Lipinski definition) is 0. The predicted molar refractivity (Wildman–Crippen MR) is 97.9 cm³/mol. The van der Waals surface area contributed by atoms with Gasteiger partial charge in [0.15, 0.2) is 5.82 Å². The summed E-state index contributed by atoms with van der Waals surface area (Å²) in [7, 11) is 0. The molecule has 0 saturated heterocycles. The number of fused-ring (bicyclic) bond motifs is 4. The molecule has 0 N–H and O–H groups in total. The number of pyridine rings is 1. The van der Waals surface area contributed by atoms with Crippen LogP contribution in [0.1, 0.15) is 22.1 Å². The molecule has 4 aromatic rings. The number of aryl methyl sites for hydroxylation is 2. The Kier molecular flexibility index (Phi) is 3.23. The quantitative estimate of drug-likeness (QED) is 0.517. The normalized spacial score (nSPS) is 13.5. The SMILES string of the molecule is Cc1sc2c(c1-c1ccnc3ccccc13)COCc1nnc(C)n1-2. The molecule has 1 aromatic carbocycles. The molecule has 6 heteroatoms. The lowest BCUT2D eigenvalue weighted by Gasteiger charge is -2.09. The highest BCUT2D eigenvalue weighted by Crippen LogP contribution is 2.42. The Morgan fingerprint density at radius 2 is 1.96 bits per heavy atom. The van der Waals surface area contributed by atoms with Crippen LogP contribution in [0.15, 0.2) is 36.5 Å². The molecule has 0 fully saturated rings. The molecule has 124 valence electrons. The average molecular weight is 348 g/mol. The molecule has 0 bridgehead atoms. The molecular weight excluding hydrogens is 332 g/mol. The zero-order valence-electron chi connectivity index (χ0n) is 14.0. The largest absolute Gasteiger partial charge is 0.369 e. The van der Waals surface area contributed by atoms with Gasteiger partial charge in [-0.1, -0.05) is 18.2 Å². The van der Waals surface area contributed by atoms with Crippen LogP contribution in [0.3, 0.4) is 0 Å². The molecular formula is C19H16N4OS. The number of hydrogen-bond acceptors (Lipinski definition) is 5. The van der Waals surface area contributed by atoms with Gasteiger partial charge in [-0.25, -0.2) is 0 Å². The summed E-state index contributed by atoms with van der Waals surface area (Å²) in [4.78, 5) is 5.77. The minimum Gasteiger partial charge on any atom is -0.369 e. The molecule has 3 aromatic heterocycles. The Labute approximate surface area is 148 Å². The third kappa shape index (κ3) is 2.14. The number of rotatable bonds is 1. The van der Waals surface area contributed by atoms with Crippen LogP contribution < -0.4 is 0 Å². The van der Waals surface area contributed by atoms with Gasteiger partial charge in [0.25, 0.3) is 0 Å². The molecule has 0 atom stereocenters. The maximum absolute atomic E-state index is 5.92. The van der Waals surface area contributed by atoms with E-state index in [1.165, 1.54) is 32.0 Å². The van der Waals surface area contributed by atoms with E-state index in [1.54, 1.807) is 11.3 Å². The standard InChI is InChI=1S/C19H16N4OS/c1-11-18(14-7-8-20-16-6-4-3-5-13(14)16)15-9-24-10-17-22-21-12(2)23(17)19(15)25-11/h3-8H,9-10H2,1-2H3. The highest BCUT2D eigenvalue weighted by molar-refractivity contribution is 7.15. The highest BCUT2D eigenvalue weighted by Gasteiger charge is 2.25. The van der Waals surface area contributed by atoms with Crippen molar-refractivity contribution in [3.8, 4) is 16.1 Å². The van der Waals surface area contributed by atoms with E-state index in [1.807, 2.05) is 19.2 Å². The molecule has 0 unspecified atom stereocenters. The van der Waals surface area contributed by atoms with Crippen LogP contribution in [0.5, 0.6) is 0 Å². The summed E-state index contributed by atoms with van der Waals surface area (Å²) in [5.74, 6) is 1.76. The van der Waals surface area contributed by atoms with Crippen LogP contribution in [0, 0.1) is 13.8 Å². The van der Waals surface area contributed by atoms with Gasteiger partial charge in [-0.2, -0.15) is 0 Å². The van der Waals surface area contributed by atoms with Gasteiger partial charge < -0.3 is 4.74 Å². The van der Waals surface area contributed by atoms with Crippen LogP contribution in [0.2, 0.25) is 0 Å². The minimum absolute atomic E-state index is 0.484. The van der Waals surface area contributed by atoms with Gasteiger partial charge in [-0.3, -0.25) is 9.55 Å². The van der Waals surface area contributed by atoms with E-state index >= 15 is 0 Å². The summed E-state index contributed by atoms with van der Waals surface area (Å²) >= 11 is 1.78. The Morgan fingerprint density at radius 3 is 2.88 bits per heavy atom.